The van der Waals surface area contributed by atoms with Gasteiger partial charge in [0.25, 0.3) is 0 Å². The van der Waals surface area contributed by atoms with Gasteiger partial charge in [0.1, 0.15) is 18.4 Å². The largest absolute Gasteiger partial charge is 0.352 e. The molecule has 2 atom stereocenters. The lowest BCUT2D eigenvalue weighted by molar-refractivity contribution is -0.140. The number of anilines is 1. The first kappa shape index (κ1) is 30.8. The molecule has 2 rings (SSSR count). The fourth-order valence-electron chi connectivity index (χ4n) is 3.52. The fourth-order valence-corrected chi connectivity index (χ4v) is 4.90. The van der Waals surface area contributed by atoms with Crippen LogP contribution >= 0.6 is 23.2 Å². The highest BCUT2D eigenvalue weighted by molar-refractivity contribution is 7.90. The van der Waals surface area contributed by atoms with Gasteiger partial charge >= 0.3 is 10.2 Å². The van der Waals surface area contributed by atoms with Crippen LogP contribution in [-0.2, 0) is 26.3 Å². The number of hydrogen-bond donors (Lipinski definition) is 1. The molecule has 0 radical (unpaired) electrons. The van der Waals surface area contributed by atoms with Gasteiger partial charge in [-0.25, -0.2) is 8.70 Å². The van der Waals surface area contributed by atoms with Crippen LogP contribution < -0.4 is 9.62 Å². The average molecular weight is 576 g/mol. The van der Waals surface area contributed by atoms with Crippen LogP contribution in [0.5, 0.6) is 0 Å². The Bertz CT molecular complexity index is 1200. The van der Waals surface area contributed by atoms with E-state index in [9.17, 15) is 22.4 Å². The van der Waals surface area contributed by atoms with Gasteiger partial charge in [0, 0.05) is 26.7 Å². The molecular weight excluding hydrogens is 542 g/mol. The van der Waals surface area contributed by atoms with Crippen LogP contribution in [-0.4, -0.2) is 62.2 Å². The minimum atomic E-state index is -4.14. The number of benzene rings is 2. The summed E-state index contributed by atoms with van der Waals surface area (Å²) in [4.78, 5) is 28.3. The van der Waals surface area contributed by atoms with E-state index in [-0.39, 0.29) is 35.6 Å². The van der Waals surface area contributed by atoms with E-state index >= 15 is 0 Å². The monoisotopic (exact) mass is 574 g/mol. The van der Waals surface area contributed by atoms with E-state index in [1.54, 1.807) is 25.1 Å². The first-order valence-corrected chi connectivity index (χ1v) is 14.0. The third-order valence-corrected chi connectivity index (χ3v) is 8.42. The predicted molar refractivity (Wildman–Crippen MR) is 145 cm³/mol. The van der Waals surface area contributed by atoms with Crippen LogP contribution in [0.15, 0.2) is 42.5 Å². The molecule has 0 bridgehead atoms. The molecule has 0 spiro atoms. The summed E-state index contributed by atoms with van der Waals surface area (Å²) in [5.74, 6) is -1.52. The summed E-state index contributed by atoms with van der Waals surface area (Å²) in [6.45, 7) is 4.93. The zero-order chi connectivity index (χ0) is 27.9. The molecule has 0 aromatic heterocycles. The first-order chi connectivity index (χ1) is 17.3. The Morgan fingerprint density at radius 3 is 2.14 bits per heavy atom. The van der Waals surface area contributed by atoms with Crippen LogP contribution in [0.2, 0.25) is 10.0 Å². The molecular formula is C25H33Cl2FN4O4S. The second-order valence-corrected chi connectivity index (χ2v) is 11.7. The lowest BCUT2D eigenvalue weighted by Crippen LogP contribution is -2.54. The third-order valence-electron chi connectivity index (χ3n) is 5.86. The van der Waals surface area contributed by atoms with Crippen molar-refractivity contribution in [1.82, 2.24) is 14.5 Å². The standard InChI is InChI=1S/C25H33Cl2FN4O4S/c1-6-17(3)29-25(34)23(7-2)31(15-18-8-13-21(26)22(27)14-18)24(33)16-32(37(35,36)30(4)5)20-11-9-19(28)10-12-20/h8-14,17,23H,6-7,15-16H2,1-5H3,(H,29,34). The van der Waals surface area contributed by atoms with Gasteiger partial charge in [0.2, 0.25) is 11.8 Å². The molecule has 0 saturated heterocycles. The van der Waals surface area contributed by atoms with Crippen molar-refractivity contribution in [2.45, 2.75) is 52.2 Å². The van der Waals surface area contributed by atoms with Crippen molar-refractivity contribution >= 4 is 50.9 Å². The molecule has 1 N–H and O–H groups in total. The minimum absolute atomic E-state index is 0.0125. The summed E-state index contributed by atoms with van der Waals surface area (Å²) < 4.78 is 41.7. The number of nitrogens with zero attached hydrogens (tertiary/aromatic N) is 3. The Morgan fingerprint density at radius 2 is 1.62 bits per heavy atom. The van der Waals surface area contributed by atoms with Crippen molar-refractivity contribution in [3.63, 3.8) is 0 Å². The fraction of sp³-hybridized carbons (Fsp3) is 0.440. The topological polar surface area (TPSA) is 90.0 Å². The molecule has 0 saturated carbocycles. The van der Waals surface area contributed by atoms with Crippen LogP contribution in [0.1, 0.15) is 39.2 Å². The van der Waals surface area contributed by atoms with E-state index in [1.165, 1.54) is 31.1 Å². The average Bonchev–Trinajstić information content (AvgIpc) is 2.84. The quantitative estimate of drug-likeness (QED) is 0.405. The van der Waals surface area contributed by atoms with E-state index in [1.807, 2.05) is 13.8 Å². The summed E-state index contributed by atoms with van der Waals surface area (Å²) in [5.41, 5.74) is 0.719. The Morgan fingerprint density at radius 1 is 1.00 bits per heavy atom. The lowest BCUT2D eigenvalue weighted by Gasteiger charge is -2.34. The van der Waals surface area contributed by atoms with E-state index in [0.717, 1.165) is 20.7 Å². The molecule has 37 heavy (non-hydrogen) atoms. The van der Waals surface area contributed by atoms with Gasteiger partial charge < -0.3 is 10.2 Å². The molecule has 8 nitrogen and oxygen atoms in total. The molecule has 0 aliphatic carbocycles. The normalized spacial score (nSPS) is 13.2. The minimum Gasteiger partial charge on any atom is -0.352 e. The summed E-state index contributed by atoms with van der Waals surface area (Å²) in [7, 11) is -1.47. The van der Waals surface area contributed by atoms with Gasteiger partial charge in [0.05, 0.1) is 15.7 Å². The van der Waals surface area contributed by atoms with Gasteiger partial charge in [-0.15, -0.1) is 0 Å². The van der Waals surface area contributed by atoms with Crippen molar-refractivity contribution < 1.29 is 22.4 Å². The zero-order valence-electron chi connectivity index (χ0n) is 21.5. The maximum Gasteiger partial charge on any atom is 0.304 e. The zero-order valence-corrected chi connectivity index (χ0v) is 23.9. The van der Waals surface area contributed by atoms with E-state index in [2.05, 4.69) is 5.32 Å². The van der Waals surface area contributed by atoms with Crippen LogP contribution in [0, 0.1) is 5.82 Å². The third kappa shape index (κ3) is 8.04. The van der Waals surface area contributed by atoms with Gasteiger partial charge in [-0.3, -0.25) is 9.59 Å². The summed E-state index contributed by atoms with van der Waals surface area (Å²) in [5, 5.41) is 3.52. The number of amides is 2. The molecule has 2 aromatic rings. The number of nitrogens with one attached hydrogen (secondary N) is 1. The Kier molecular flexibility index (Phi) is 11.2. The molecule has 0 fully saturated rings. The highest BCUT2D eigenvalue weighted by Gasteiger charge is 2.34. The highest BCUT2D eigenvalue weighted by atomic mass is 35.5. The first-order valence-electron chi connectivity index (χ1n) is 11.8. The maximum atomic E-state index is 13.8. The number of carbonyl (C=O) groups is 2. The molecule has 0 aliphatic heterocycles. The highest BCUT2D eigenvalue weighted by Crippen LogP contribution is 2.25. The second kappa shape index (κ2) is 13.4. The van der Waals surface area contributed by atoms with Crippen molar-refractivity contribution in [1.29, 1.82) is 0 Å². The SMILES string of the molecule is CCC(C)NC(=O)C(CC)N(Cc1ccc(Cl)c(Cl)c1)C(=O)CN(c1ccc(F)cc1)S(=O)(=O)N(C)C. The molecule has 2 aromatic carbocycles. The van der Waals surface area contributed by atoms with E-state index in [0.29, 0.717) is 17.0 Å². The number of hydrogen-bond acceptors (Lipinski definition) is 4. The summed E-state index contributed by atoms with van der Waals surface area (Å²) in [6.07, 6.45) is 0.981. The predicted octanol–water partition coefficient (Wildman–Crippen LogP) is 4.47. The van der Waals surface area contributed by atoms with E-state index in [4.69, 9.17) is 23.2 Å². The molecule has 0 aliphatic rings. The van der Waals surface area contributed by atoms with Gasteiger partial charge in [0.15, 0.2) is 0 Å². The van der Waals surface area contributed by atoms with Crippen molar-refractivity contribution in [2.24, 2.45) is 0 Å². The molecule has 12 heteroatoms. The second-order valence-electron chi connectivity index (χ2n) is 8.79. The van der Waals surface area contributed by atoms with Crippen LogP contribution in [0.25, 0.3) is 0 Å². The lowest BCUT2D eigenvalue weighted by atomic mass is 10.1. The van der Waals surface area contributed by atoms with Crippen LogP contribution in [0.3, 0.4) is 0 Å². The summed E-state index contributed by atoms with van der Waals surface area (Å²) in [6, 6.07) is 8.64. The summed E-state index contributed by atoms with van der Waals surface area (Å²) >= 11 is 12.2. The number of carbonyl (C=O) groups excluding carboxylic acids is 2. The van der Waals surface area contributed by atoms with Crippen molar-refractivity contribution in [3.8, 4) is 0 Å². The van der Waals surface area contributed by atoms with Crippen LogP contribution in [0.4, 0.5) is 10.1 Å². The Labute approximate surface area is 228 Å². The van der Waals surface area contributed by atoms with E-state index < -0.39 is 34.5 Å². The molecule has 0 heterocycles. The Balaban J connectivity index is 2.52. The maximum absolute atomic E-state index is 13.8. The van der Waals surface area contributed by atoms with Gasteiger partial charge in [-0.2, -0.15) is 12.7 Å². The van der Waals surface area contributed by atoms with Crippen molar-refractivity contribution in [2.75, 3.05) is 24.9 Å². The molecule has 2 amide bonds. The van der Waals surface area contributed by atoms with Gasteiger partial charge in [-0.05, 0) is 61.7 Å². The number of rotatable bonds is 12. The number of halogens is 3. The molecule has 204 valence electrons. The van der Waals surface area contributed by atoms with Gasteiger partial charge in [-0.1, -0.05) is 43.1 Å². The van der Waals surface area contributed by atoms with Crippen molar-refractivity contribution in [3.05, 3.63) is 63.9 Å². The smallest absolute Gasteiger partial charge is 0.304 e. The Hall–Kier alpha value is -2.40. The molecule has 2 unspecified atom stereocenters.